The number of benzene rings is 3. The lowest BCUT2D eigenvalue weighted by molar-refractivity contribution is -0.120. The van der Waals surface area contributed by atoms with E-state index in [1.807, 2.05) is 91.9 Å². The van der Waals surface area contributed by atoms with Crippen molar-refractivity contribution >= 4 is 23.2 Å². The number of anilines is 2. The average Bonchev–Trinajstić information content (AvgIpc) is 2.78. The summed E-state index contributed by atoms with van der Waals surface area (Å²) in [5.74, 6) is -0.130. The molecule has 1 unspecified atom stereocenters. The Morgan fingerprint density at radius 1 is 0.800 bits per heavy atom. The Bertz CT molecular complexity index is 958. The number of carbonyl (C=O) groups excluding carboxylic acids is 2. The molecular weight excluding hydrogens is 374 g/mol. The number of carbonyl (C=O) groups is 2. The summed E-state index contributed by atoms with van der Waals surface area (Å²) in [5.41, 5.74) is 3.68. The summed E-state index contributed by atoms with van der Waals surface area (Å²) in [4.78, 5) is 24.5. The largest absolute Gasteiger partial charge is 0.376 e. The molecule has 0 aromatic heterocycles. The van der Waals surface area contributed by atoms with Crippen LogP contribution in [0.4, 0.5) is 11.4 Å². The fourth-order valence-corrected chi connectivity index (χ4v) is 3.13. The molecule has 5 nitrogen and oxygen atoms in total. The van der Waals surface area contributed by atoms with Gasteiger partial charge in [0.2, 0.25) is 11.8 Å². The Hall–Kier alpha value is -3.60. The number of hydrogen-bond donors (Lipinski definition) is 3. The van der Waals surface area contributed by atoms with Gasteiger partial charge in [0.15, 0.2) is 0 Å². The third kappa shape index (κ3) is 6.78. The molecule has 3 aromatic rings. The van der Waals surface area contributed by atoms with Crippen LogP contribution in [-0.2, 0) is 16.0 Å². The Morgan fingerprint density at radius 3 is 2.20 bits per heavy atom. The second-order valence-corrected chi connectivity index (χ2v) is 7.17. The smallest absolute Gasteiger partial charge is 0.239 e. The van der Waals surface area contributed by atoms with Gasteiger partial charge < -0.3 is 16.0 Å². The monoisotopic (exact) mass is 401 g/mol. The highest BCUT2D eigenvalue weighted by molar-refractivity contribution is 5.91. The fourth-order valence-electron chi connectivity index (χ4n) is 3.13. The Labute approximate surface area is 177 Å². The molecule has 3 aromatic carbocycles. The van der Waals surface area contributed by atoms with E-state index in [2.05, 4.69) is 16.0 Å². The van der Waals surface area contributed by atoms with E-state index >= 15 is 0 Å². The van der Waals surface area contributed by atoms with Gasteiger partial charge in [-0.2, -0.15) is 0 Å². The van der Waals surface area contributed by atoms with Crippen molar-refractivity contribution in [2.24, 2.45) is 0 Å². The number of aryl methyl sites for hydroxylation is 1. The molecule has 0 bridgehead atoms. The van der Waals surface area contributed by atoms with Crippen LogP contribution in [0.3, 0.4) is 0 Å². The fraction of sp³-hybridized carbons (Fsp3) is 0.200. The van der Waals surface area contributed by atoms with Crippen LogP contribution in [0.1, 0.15) is 30.5 Å². The van der Waals surface area contributed by atoms with Crippen LogP contribution in [0.15, 0.2) is 84.9 Å². The molecule has 1 atom stereocenters. The minimum Gasteiger partial charge on any atom is -0.376 e. The van der Waals surface area contributed by atoms with E-state index < -0.39 is 0 Å². The molecular formula is C25H27N3O2. The van der Waals surface area contributed by atoms with Crippen LogP contribution in [0.25, 0.3) is 0 Å². The van der Waals surface area contributed by atoms with Crippen molar-refractivity contribution in [1.82, 2.24) is 5.32 Å². The molecule has 3 N–H and O–H groups in total. The first-order valence-corrected chi connectivity index (χ1v) is 10.1. The van der Waals surface area contributed by atoms with Gasteiger partial charge in [0, 0.05) is 17.8 Å². The molecule has 2 amide bonds. The van der Waals surface area contributed by atoms with Crippen LogP contribution in [0, 0.1) is 0 Å². The number of rotatable bonds is 9. The van der Waals surface area contributed by atoms with Gasteiger partial charge in [-0.1, -0.05) is 66.7 Å². The molecule has 0 aliphatic heterocycles. The van der Waals surface area contributed by atoms with Crippen LogP contribution < -0.4 is 16.0 Å². The van der Waals surface area contributed by atoms with Crippen molar-refractivity contribution in [2.45, 2.75) is 25.8 Å². The van der Waals surface area contributed by atoms with Crippen LogP contribution in [-0.4, -0.2) is 18.4 Å². The summed E-state index contributed by atoms with van der Waals surface area (Å²) in [6, 6.07) is 27.1. The van der Waals surface area contributed by atoms with Gasteiger partial charge in [-0.05, 0) is 42.7 Å². The van der Waals surface area contributed by atoms with Gasteiger partial charge in [-0.25, -0.2) is 0 Å². The molecule has 30 heavy (non-hydrogen) atoms. The third-order valence-corrected chi connectivity index (χ3v) is 4.76. The lowest BCUT2D eigenvalue weighted by Crippen LogP contribution is -2.32. The first-order chi connectivity index (χ1) is 14.6. The van der Waals surface area contributed by atoms with Crippen molar-refractivity contribution in [3.63, 3.8) is 0 Å². The second kappa shape index (κ2) is 10.8. The molecule has 0 heterocycles. The topological polar surface area (TPSA) is 70.2 Å². The molecule has 0 aliphatic carbocycles. The molecule has 0 saturated heterocycles. The van der Waals surface area contributed by atoms with Crippen molar-refractivity contribution in [3.05, 3.63) is 96.1 Å². The predicted octanol–water partition coefficient (Wildman–Crippen LogP) is 4.55. The summed E-state index contributed by atoms with van der Waals surface area (Å²) >= 11 is 0. The molecule has 154 valence electrons. The SMILES string of the molecule is CC(NC(=O)CNc1cccc(NC(=O)CCc2ccccc2)c1)c1ccccc1. The van der Waals surface area contributed by atoms with E-state index in [4.69, 9.17) is 0 Å². The summed E-state index contributed by atoms with van der Waals surface area (Å²) in [7, 11) is 0. The van der Waals surface area contributed by atoms with Crippen LogP contribution in [0.5, 0.6) is 0 Å². The van der Waals surface area contributed by atoms with E-state index in [-0.39, 0.29) is 24.4 Å². The van der Waals surface area contributed by atoms with E-state index in [0.29, 0.717) is 18.5 Å². The third-order valence-electron chi connectivity index (χ3n) is 4.76. The predicted molar refractivity (Wildman–Crippen MR) is 121 cm³/mol. The maximum atomic E-state index is 12.2. The van der Waals surface area contributed by atoms with Crippen molar-refractivity contribution in [1.29, 1.82) is 0 Å². The molecule has 3 rings (SSSR count). The highest BCUT2D eigenvalue weighted by Crippen LogP contribution is 2.16. The highest BCUT2D eigenvalue weighted by Gasteiger charge is 2.09. The maximum Gasteiger partial charge on any atom is 0.239 e. The molecule has 0 aliphatic rings. The second-order valence-electron chi connectivity index (χ2n) is 7.17. The van der Waals surface area contributed by atoms with Crippen molar-refractivity contribution in [3.8, 4) is 0 Å². The zero-order valence-electron chi connectivity index (χ0n) is 17.1. The van der Waals surface area contributed by atoms with Crippen LogP contribution >= 0.6 is 0 Å². The van der Waals surface area contributed by atoms with E-state index in [0.717, 1.165) is 16.8 Å². The minimum absolute atomic E-state index is 0.0366. The molecule has 5 heteroatoms. The standard InChI is InChI=1S/C25H27N3O2/c1-19(21-11-6-3-7-12-21)27-25(30)18-26-22-13-8-14-23(17-22)28-24(29)16-15-20-9-4-2-5-10-20/h2-14,17,19,26H,15-16,18H2,1H3,(H,27,30)(H,28,29). The van der Waals surface area contributed by atoms with Gasteiger partial charge in [0.1, 0.15) is 0 Å². The lowest BCUT2D eigenvalue weighted by atomic mass is 10.1. The first-order valence-electron chi connectivity index (χ1n) is 10.1. The number of hydrogen-bond acceptors (Lipinski definition) is 3. The summed E-state index contributed by atoms with van der Waals surface area (Å²) in [6.45, 7) is 2.11. The molecule has 0 fully saturated rings. The van der Waals surface area contributed by atoms with Gasteiger partial charge >= 0.3 is 0 Å². The van der Waals surface area contributed by atoms with Gasteiger partial charge in [0.25, 0.3) is 0 Å². The average molecular weight is 402 g/mol. The Kier molecular flexibility index (Phi) is 7.61. The maximum absolute atomic E-state index is 12.2. The Balaban J connectivity index is 1.45. The molecule has 0 saturated carbocycles. The van der Waals surface area contributed by atoms with Crippen LogP contribution in [0.2, 0.25) is 0 Å². The van der Waals surface area contributed by atoms with Crippen molar-refractivity contribution in [2.75, 3.05) is 17.2 Å². The minimum atomic E-state index is -0.0938. The van der Waals surface area contributed by atoms with Gasteiger partial charge in [-0.15, -0.1) is 0 Å². The zero-order chi connectivity index (χ0) is 21.2. The Morgan fingerprint density at radius 2 is 1.47 bits per heavy atom. The van der Waals surface area contributed by atoms with Gasteiger partial charge in [0.05, 0.1) is 12.6 Å². The van der Waals surface area contributed by atoms with E-state index in [1.54, 1.807) is 0 Å². The highest BCUT2D eigenvalue weighted by atomic mass is 16.2. The van der Waals surface area contributed by atoms with Gasteiger partial charge in [-0.3, -0.25) is 9.59 Å². The van der Waals surface area contributed by atoms with E-state index in [9.17, 15) is 9.59 Å². The number of amides is 2. The molecule has 0 radical (unpaired) electrons. The zero-order valence-corrected chi connectivity index (χ0v) is 17.1. The lowest BCUT2D eigenvalue weighted by Gasteiger charge is -2.15. The quantitative estimate of drug-likeness (QED) is 0.493. The summed E-state index contributed by atoms with van der Waals surface area (Å²) in [6.07, 6.45) is 1.12. The number of nitrogens with one attached hydrogen (secondary N) is 3. The summed E-state index contributed by atoms with van der Waals surface area (Å²) in [5, 5.41) is 9.00. The first kappa shape index (κ1) is 21.1. The van der Waals surface area contributed by atoms with Crippen molar-refractivity contribution < 1.29 is 9.59 Å². The van der Waals surface area contributed by atoms with E-state index in [1.165, 1.54) is 0 Å². The molecule has 0 spiro atoms. The normalized spacial score (nSPS) is 11.4. The summed E-state index contributed by atoms with van der Waals surface area (Å²) < 4.78 is 0.